The number of piperidine rings is 1. The van der Waals surface area contributed by atoms with Crippen molar-refractivity contribution in [3.05, 3.63) is 23.2 Å². The summed E-state index contributed by atoms with van der Waals surface area (Å²) in [5.41, 5.74) is 2.91. The molecule has 1 fully saturated rings. The van der Waals surface area contributed by atoms with Crippen molar-refractivity contribution in [3.63, 3.8) is 0 Å². The largest absolute Gasteiger partial charge is 0.454 e. The van der Waals surface area contributed by atoms with Crippen LogP contribution in [-0.4, -0.2) is 36.6 Å². The van der Waals surface area contributed by atoms with Gasteiger partial charge in [0, 0.05) is 18.7 Å². The van der Waals surface area contributed by atoms with Gasteiger partial charge in [-0.05, 0) is 38.8 Å². The molecule has 0 bridgehead atoms. The number of hydrazine groups is 1. The van der Waals surface area contributed by atoms with Crippen molar-refractivity contribution in [2.24, 2.45) is 5.84 Å². The van der Waals surface area contributed by atoms with Crippen molar-refractivity contribution >= 4 is 5.91 Å². The highest BCUT2D eigenvalue weighted by Crippen LogP contribution is 2.20. The van der Waals surface area contributed by atoms with E-state index in [0.29, 0.717) is 18.4 Å². The van der Waals surface area contributed by atoms with E-state index in [1.165, 1.54) is 0 Å². The topological polar surface area (TPSA) is 80.7 Å². The number of carbonyl (C=O) groups excluding carboxylic acids is 1. The summed E-state index contributed by atoms with van der Waals surface area (Å²) >= 11 is 0. The van der Waals surface area contributed by atoms with Gasteiger partial charge in [-0.25, -0.2) is 5.84 Å². The van der Waals surface area contributed by atoms with Crippen LogP contribution in [0.5, 0.6) is 0 Å². The number of hydrogen-bond acceptors (Lipinski definition) is 5. The fraction of sp³-hybridized carbons (Fsp3) is 0.667. The highest BCUT2D eigenvalue weighted by Gasteiger charge is 2.22. The number of nitrogens with two attached hydrogens (primary N) is 1. The number of rotatable bonds is 6. The molecule has 0 saturated carbocycles. The third-order valence-electron chi connectivity index (χ3n) is 3.71. The lowest BCUT2D eigenvalue weighted by atomic mass is 10.1. The fourth-order valence-electron chi connectivity index (χ4n) is 2.71. The minimum atomic E-state index is -0.387. The molecule has 1 aromatic heterocycles. The van der Waals surface area contributed by atoms with E-state index < -0.39 is 0 Å². The Bertz CT molecular complexity index is 473. The summed E-state index contributed by atoms with van der Waals surface area (Å²) in [5, 5.41) is 0. The van der Waals surface area contributed by atoms with E-state index in [2.05, 4.69) is 17.2 Å². The van der Waals surface area contributed by atoms with Crippen molar-refractivity contribution < 1.29 is 13.9 Å². The van der Waals surface area contributed by atoms with Crippen LogP contribution in [0.25, 0.3) is 0 Å². The number of likely N-dealkylation sites (tertiary alicyclic amines) is 1. The van der Waals surface area contributed by atoms with Gasteiger partial charge in [0.05, 0.1) is 12.6 Å². The zero-order chi connectivity index (χ0) is 15.2. The van der Waals surface area contributed by atoms with Gasteiger partial charge in [0.1, 0.15) is 5.76 Å². The maximum Gasteiger partial charge on any atom is 0.301 e. The Balaban J connectivity index is 1.93. The van der Waals surface area contributed by atoms with Crippen LogP contribution >= 0.6 is 0 Å². The quantitative estimate of drug-likeness (QED) is 0.473. The molecular weight excluding hydrogens is 270 g/mol. The van der Waals surface area contributed by atoms with E-state index in [9.17, 15) is 4.79 Å². The monoisotopic (exact) mass is 295 g/mol. The Kier molecular flexibility index (Phi) is 5.78. The van der Waals surface area contributed by atoms with Gasteiger partial charge in [0.25, 0.3) is 0 Å². The summed E-state index contributed by atoms with van der Waals surface area (Å²) in [5.74, 6) is 5.85. The standard InChI is InChI=1S/C15H25N3O3/c1-3-7-20-12-5-4-6-18(9-12)10-13-8-11(2)14(21-13)15(19)17-16/h8,12H,3-7,9-10,16H2,1-2H3,(H,17,19). The first kappa shape index (κ1) is 16.0. The number of aryl methyl sites for hydroxylation is 1. The molecule has 1 aliphatic heterocycles. The highest BCUT2D eigenvalue weighted by molar-refractivity contribution is 5.92. The first-order chi connectivity index (χ1) is 10.1. The molecule has 0 aliphatic carbocycles. The molecule has 21 heavy (non-hydrogen) atoms. The molecule has 1 aliphatic rings. The lowest BCUT2D eigenvalue weighted by molar-refractivity contribution is -0.00380. The number of amides is 1. The van der Waals surface area contributed by atoms with Crippen LogP contribution in [0.15, 0.2) is 10.5 Å². The third kappa shape index (κ3) is 4.30. The second kappa shape index (κ2) is 7.59. The first-order valence-corrected chi connectivity index (χ1v) is 7.58. The lowest BCUT2D eigenvalue weighted by Gasteiger charge is -2.31. The smallest absolute Gasteiger partial charge is 0.301 e. The third-order valence-corrected chi connectivity index (χ3v) is 3.71. The van der Waals surface area contributed by atoms with Crippen molar-refractivity contribution in [2.45, 2.75) is 45.8 Å². The Labute approximate surface area is 125 Å². The molecule has 1 saturated heterocycles. The summed E-state index contributed by atoms with van der Waals surface area (Å²) in [4.78, 5) is 13.9. The zero-order valence-electron chi connectivity index (χ0n) is 12.9. The number of nitrogen functional groups attached to an aromatic ring is 1. The van der Waals surface area contributed by atoms with Crippen LogP contribution in [0.3, 0.4) is 0 Å². The van der Waals surface area contributed by atoms with Gasteiger partial charge >= 0.3 is 5.91 Å². The van der Waals surface area contributed by atoms with E-state index in [0.717, 1.165) is 50.3 Å². The summed E-state index contributed by atoms with van der Waals surface area (Å²) in [6.45, 7) is 7.43. The molecular formula is C15H25N3O3. The lowest BCUT2D eigenvalue weighted by Crippen LogP contribution is -2.39. The van der Waals surface area contributed by atoms with Gasteiger partial charge in [0.15, 0.2) is 5.76 Å². The predicted octanol–water partition coefficient (Wildman–Crippen LogP) is 1.58. The molecule has 2 heterocycles. The van der Waals surface area contributed by atoms with Crippen molar-refractivity contribution in [2.75, 3.05) is 19.7 Å². The molecule has 1 unspecified atom stereocenters. The minimum Gasteiger partial charge on any atom is -0.454 e. The Morgan fingerprint density at radius 1 is 1.62 bits per heavy atom. The molecule has 1 amide bonds. The van der Waals surface area contributed by atoms with Crippen molar-refractivity contribution in [1.29, 1.82) is 0 Å². The van der Waals surface area contributed by atoms with E-state index >= 15 is 0 Å². The minimum absolute atomic E-state index is 0.295. The van der Waals surface area contributed by atoms with Gasteiger partial charge in [-0.1, -0.05) is 6.92 Å². The Morgan fingerprint density at radius 2 is 2.43 bits per heavy atom. The molecule has 3 N–H and O–H groups in total. The van der Waals surface area contributed by atoms with Gasteiger partial charge in [-0.15, -0.1) is 0 Å². The summed E-state index contributed by atoms with van der Waals surface area (Å²) < 4.78 is 11.4. The van der Waals surface area contributed by atoms with Crippen LogP contribution in [0.1, 0.15) is 48.1 Å². The fourth-order valence-corrected chi connectivity index (χ4v) is 2.71. The van der Waals surface area contributed by atoms with Crippen LogP contribution in [-0.2, 0) is 11.3 Å². The highest BCUT2D eigenvalue weighted by atomic mass is 16.5. The SMILES string of the molecule is CCCOC1CCCN(Cc2cc(C)c(C(=O)NN)o2)C1. The number of furan rings is 1. The van der Waals surface area contributed by atoms with E-state index in [-0.39, 0.29) is 5.91 Å². The molecule has 2 rings (SSSR count). The molecule has 6 heteroatoms. The maximum atomic E-state index is 11.5. The van der Waals surface area contributed by atoms with E-state index in [1.54, 1.807) is 0 Å². The molecule has 6 nitrogen and oxygen atoms in total. The average molecular weight is 295 g/mol. The van der Waals surface area contributed by atoms with E-state index in [1.807, 2.05) is 13.0 Å². The van der Waals surface area contributed by atoms with Crippen molar-refractivity contribution in [1.82, 2.24) is 10.3 Å². The van der Waals surface area contributed by atoms with Crippen LogP contribution < -0.4 is 11.3 Å². The second-order valence-electron chi connectivity index (χ2n) is 5.57. The molecule has 0 spiro atoms. The van der Waals surface area contributed by atoms with Crippen molar-refractivity contribution in [3.8, 4) is 0 Å². The van der Waals surface area contributed by atoms with Gasteiger partial charge < -0.3 is 9.15 Å². The van der Waals surface area contributed by atoms with Gasteiger partial charge in [-0.2, -0.15) is 0 Å². The number of carbonyl (C=O) groups is 1. The number of nitrogens with one attached hydrogen (secondary N) is 1. The average Bonchev–Trinajstić information content (AvgIpc) is 2.85. The molecule has 0 aromatic carbocycles. The molecule has 0 radical (unpaired) electrons. The number of hydrogen-bond donors (Lipinski definition) is 2. The maximum absolute atomic E-state index is 11.5. The second-order valence-corrected chi connectivity index (χ2v) is 5.57. The number of nitrogens with zero attached hydrogens (tertiary/aromatic N) is 1. The predicted molar refractivity (Wildman–Crippen MR) is 79.6 cm³/mol. The van der Waals surface area contributed by atoms with Gasteiger partial charge in [0.2, 0.25) is 0 Å². The summed E-state index contributed by atoms with van der Waals surface area (Å²) in [6, 6.07) is 1.90. The molecule has 118 valence electrons. The van der Waals surface area contributed by atoms with Crippen LogP contribution in [0.4, 0.5) is 0 Å². The zero-order valence-corrected chi connectivity index (χ0v) is 12.9. The summed E-state index contributed by atoms with van der Waals surface area (Å²) in [6.07, 6.45) is 3.60. The Hall–Kier alpha value is -1.37. The van der Waals surface area contributed by atoms with Crippen LogP contribution in [0.2, 0.25) is 0 Å². The number of ether oxygens (including phenoxy) is 1. The molecule has 1 atom stereocenters. The Morgan fingerprint density at radius 3 is 3.14 bits per heavy atom. The summed E-state index contributed by atoms with van der Waals surface area (Å²) in [7, 11) is 0. The normalized spacial score (nSPS) is 19.7. The van der Waals surface area contributed by atoms with Crippen LogP contribution in [0, 0.1) is 6.92 Å². The molecule has 1 aromatic rings. The van der Waals surface area contributed by atoms with E-state index in [4.69, 9.17) is 15.0 Å². The first-order valence-electron chi connectivity index (χ1n) is 7.58. The van der Waals surface area contributed by atoms with Gasteiger partial charge in [-0.3, -0.25) is 15.1 Å².